The largest absolute Gasteiger partial charge is 0.462 e. The molecule has 6 nitrogen and oxygen atoms in total. The molecule has 0 N–H and O–H groups in total. The lowest BCUT2D eigenvalue weighted by atomic mass is 10.0. The van der Waals surface area contributed by atoms with Gasteiger partial charge in [0.2, 0.25) is 0 Å². The molecule has 0 bridgehead atoms. The number of ether oxygens (including phenoxy) is 3. The van der Waals surface area contributed by atoms with E-state index in [0.717, 1.165) is 116 Å². The maximum absolute atomic E-state index is 12.9. The van der Waals surface area contributed by atoms with Gasteiger partial charge in [-0.15, -0.1) is 0 Å². The third-order valence-corrected chi connectivity index (χ3v) is 12.4. The van der Waals surface area contributed by atoms with Crippen molar-refractivity contribution in [3.05, 3.63) is 122 Å². The Labute approximate surface area is 450 Å². The molecule has 1 atom stereocenters. The summed E-state index contributed by atoms with van der Waals surface area (Å²) in [6.07, 6.45) is 83.4. The van der Waals surface area contributed by atoms with Gasteiger partial charge in [0.25, 0.3) is 0 Å². The van der Waals surface area contributed by atoms with E-state index in [9.17, 15) is 14.4 Å². The Hall–Kier alpha value is -4.19. The summed E-state index contributed by atoms with van der Waals surface area (Å²) in [5, 5.41) is 0. The minimum absolute atomic E-state index is 0.111. The van der Waals surface area contributed by atoms with Crippen LogP contribution in [0.25, 0.3) is 0 Å². The van der Waals surface area contributed by atoms with Gasteiger partial charge in [0.05, 0.1) is 0 Å². The maximum Gasteiger partial charge on any atom is 0.306 e. The van der Waals surface area contributed by atoms with Crippen molar-refractivity contribution in [3.8, 4) is 0 Å². The zero-order valence-electron chi connectivity index (χ0n) is 47.4. The molecule has 0 heterocycles. The second-order valence-corrected chi connectivity index (χ2v) is 19.5. The van der Waals surface area contributed by atoms with Gasteiger partial charge in [0.15, 0.2) is 6.10 Å². The van der Waals surface area contributed by atoms with Gasteiger partial charge in [-0.05, 0) is 128 Å². The molecule has 0 radical (unpaired) electrons. The van der Waals surface area contributed by atoms with Crippen LogP contribution in [0.15, 0.2) is 122 Å². The molecule has 0 saturated carbocycles. The number of carbonyl (C=O) groups excluding carboxylic acids is 3. The SMILES string of the molecule is CC/C=C\C/C=C\C/C=C\C/C=C\C/C=C\CCCCCC(=O)OC[C@H](COC(=O)CCCC/C=C\C/C=C\C/C=C\C/C=C\CC)OC(=O)CCCCCCCCCCCCC/C=C\CCCCCCCC. The standard InChI is InChI=1S/C67H110O6/c1-4-7-10-13-16-19-22-25-28-30-32-33-35-37-40-43-46-49-52-55-58-61-67(70)73-64(62-71-65(68)59-56-53-50-47-44-41-38-27-24-21-18-15-12-9-6-3)63-72-66(69)60-57-54-51-48-45-42-39-36-34-31-29-26-23-20-17-14-11-8-5-2/h8-9,11-12,17-18,20-21,25-29,34,36,38,42,44-45,47,64H,4-7,10,13-16,19,22-24,30-33,35,37,39-41,43,46,48-63H2,1-3H3/b11-8-,12-9-,20-17-,21-18-,28-25-,29-26-,36-34-,38-27-,45-42-,47-44-/t64-/m0/s1. The Morgan fingerprint density at radius 1 is 0.288 bits per heavy atom. The van der Waals surface area contributed by atoms with E-state index in [1.165, 1.54) is 103 Å². The zero-order valence-corrected chi connectivity index (χ0v) is 47.4. The molecule has 0 aliphatic rings. The quantitative estimate of drug-likeness (QED) is 0.0261. The number of unbranched alkanes of at least 4 members (excludes halogenated alkanes) is 22. The van der Waals surface area contributed by atoms with Gasteiger partial charge in [-0.1, -0.05) is 239 Å². The fourth-order valence-electron chi connectivity index (χ4n) is 7.98. The van der Waals surface area contributed by atoms with Gasteiger partial charge >= 0.3 is 17.9 Å². The van der Waals surface area contributed by atoms with Crippen LogP contribution < -0.4 is 0 Å². The first kappa shape index (κ1) is 68.8. The molecule has 0 aromatic heterocycles. The first-order valence-corrected chi connectivity index (χ1v) is 30.0. The molecule has 414 valence electrons. The Bertz CT molecular complexity index is 1540. The van der Waals surface area contributed by atoms with Crippen LogP contribution in [0.5, 0.6) is 0 Å². The Balaban J connectivity index is 4.48. The Morgan fingerprint density at radius 2 is 0.534 bits per heavy atom. The lowest BCUT2D eigenvalue weighted by Crippen LogP contribution is -2.30. The summed E-state index contributed by atoms with van der Waals surface area (Å²) in [5.74, 6) is -0.981. The second kappa shape index (κ2) is 60.4. The third kappa shape index (κ3) is 58.6. The molecule has 0 aliphatic heterocycles. The fraction of sp³-hybridized carbons (Fsp3) is 0.657. The fourth-order valence-corrected chi connectivity index (χ4v) is 7.98. The summed E-state index contributed by atoms with van der Waals surface area (Å²) >= 11 is 0. The summed E-state index contributed by atoms with van der Waals surface area (Å²) in [6, 6.07) is 0. The van der Waals surface area contributed by atoms with Crippen molar-refractivity contribution in [1.82, 2.24) is 0 Å². The topological polar surface area (TPSA) is 78.9 Å². The van der Waals surface area contributed by atoms with E-state index >= 15 is 0 Å². The summed E-state index contributed by atoms with van der Waals surface area (Å²) in [6.45, 7) is 6.35. The van der Waals surface area contributed by atoms with Gasteiger partial charge in [-0.25, -0.2) is 0 Å². The molecule has 0 unspecified atom stereocenters. The molecule has 0 aliphatic carbocycles. The highest BCUT2D eigenvalue weighted by molar-refractivity contribution is 5.71. The maximum atomic E-state index is 12.9. The Morgan fingerprint density at radius 3 is 0.890 bits per heavy atom. The van der Waals surface area contributed by atoms with E-state index in [4.69, 9.17) is 14.2 Å². The van der Waals surface area contributed by atoms with Gasteiger partial charge in [-0.2, -0.15) is 0 Å². The number of allylic oxidation sites excluding steroid dienone is 20. The summed E-state index contributed by atoms with van der Waals surface area (Å²) in [5.41, 5.74) is 0. The van der Waals surface area contributed by atoms with Crippen molar-refractivity contribution in [2.75, 3.05) is 13.2 Å². The number of esters is 3. The molecule has 0 fully saturated rings. The van der Waals surface area contributed by atoms with E-state index in [1.807, 2.05) is 0 Å². The molecule has 0 spiro atoms. The summed E-state index contributed by atoms with van der Waals surface area (Å²) in [7, 11) is 0. The van der Waals surface area contributed by atoms with Gasteiger partial charge in [0.1, 0.15) is 13.2 Å². The van der Waals surface area contributed by atoms with Gasteiger partial charge < -0.3 is 14.2 Å². The number of hydrogen-bond acceptors (Lipinski definition) is 6. The third-order valence-electron chi connectivity index (χ3n) is 12.4. The van der Waals surface area contributed by atoms with Crippen molar-refractivity contribution in [2.45, 2.75) is 271 Å². The molecule has 0 rings (SSSR count). The zero-order chi connectivity index (χ0) is 52.9. The smallest absolute Gasteiger partial charge is 0.306 e. The van der Waals surface area contributed by atoms with E-state index in [2.05, 4.69) is 142 Å². The molecule has 73 heavy (non-hydrogen) atoms. The number of hydrogen-bond donors (Lipinski definition) is 0. The molecule has 0 aromatic carbocycles. The Kier molecular flexibility index (Phi) is 56.9. The van der Waals surface area contributed by atoms with Gasteiger partial charge in [-0.3, -0.25) is 14.4 Å². The molecular formula is C67H110O6. The first-order chi connectivity index (χ1) is 36.0. The lowest BCUT2D eigenvalue weighted by molar-refractivity contribution is -0.167. The predicted octanol–water partition coefficient (Wildman–Crippen LogP) is 20.4. The highest BCUT2D eigenvalue weighted by Crippen LogP contribution is 2.15. The monoisotopic (exact) mass is 1010 g/mol. The average Bonchev–Trinajstić information content (AvgIpc) is 3.39. The van der Waals surface area contributed by atoms with Crippen molar-refractivity contribution < 1.29 is 28.6 Å². The van der Waals surface area contributed by atoms with Crippen LogP contribution in [-0.4, -0.2) is 37.2 Å². The van der Waals surface area contributed by atoms with E-state index in [0.29, 0.717) is 25.7 Å². The van der Waals surface area contributed by atoms with Crippen molar-refractivity contribution >= 4 is 17.9 Å². The summed E-state index contributed by atoms with van der Waals surface area (Å²) in [4.78, 5) is 38.2. The highest BCUT2D eigenvalue weighted by atomic mass is 16.6. The normalized spacial score (nSPS) is 13.0. The van der Waals surface area contributed by atoms with Crippen LogP contribution in [-0.2, 0) is 28.6 Å². The highest BCUT2D eigenvalue weighted by Gasteiger charge is 2.19. The van der Waals surface area contributed by atoms with Crippen molar-refractivity contribution in [2.24, 2.45) is 0 Å². The first-order valence-electron chi connectivity index (χ1n) is 30.0. The van der Waals surface area contributed by atoms with Crippen LogP contribution in [0, 0.1) is 0 Å². The van der Waals surface area contributed by atoms with Crippen LogP contribution >= 0.6 is 0 Å². The van der Waals surface area contributed by atoms with Crippen LogP contribution in [0.4, 0.5) is 0 Å². The van der Waals surface area contributed by atoms with E-state index in [-0.39, 0.29) is 31.1 Å². The molecule has 0 amide bonds. The van der Waals surface area contributed by atoms with Crippen LogP contribution in [0.2, 0.25) is 0 Å². The van der Waals surface area contributed by atoms with Gasteiger partial charge in [0, 0.05) is 19.3 Å². The van der Waals surface area contributed by atoms with Crippen molar-refractivity contribution in [3.63, 3.8) is 0 Å². The lowest BCUT2D eigenvalue weighted by Gasteiger charge is -2.18. The molecule has 6 heteroatoms. The van der Waals surface area contributed by atoms with Crippen LogP contribution in [0.1, 0.15) is 265 Å². The minimum atomic E-state index is -0.813. The second-order valence-electron chi connectivity index (χ2n) is 19.5. The average molecular weight is 1010 g/mol. The molecule has 0 saturated heterocycles. The van der Waals surface area contributed by atoms with E-state index in [1.54, 1.807) is 0 Å². The predicted molar refractivity (Wildman–Crippen MR) is 316 cm³/mol. The van der Waals surface area contributed by atoms with E-state index < -0.39 is 6.10 Å². The van der Waals surface area contributed by atoms with Crippen LogP contribution in [0.3, 0.4) is 0 Å². The van der Waals surface area contributed by atoms with Crippen molar-refractivity contribution in [1.29, 1.82) is 0 Å². The number of rotatable bonds is 53. The minimum Gasteiger partial charge on any atom is -0.462 e. The summed E-state index contributed by atoms with van der Waals surface area (Å²) < 4.78 is 16.8. The molecular weight excluding hydrogens is 901 g/mol. The molecule has 0 aromatic rings. The number of carbonyl (C=O) groups is 3.